The first-order valence-electron chi connectivity index (χ1n) is 7.49. The number of hydrogen-bond donors (Lipinski definition) is 2. The molecule has 22 heavy (non-hydrogen) atoms. The van der Waals surface area contributed by atoms with Gasteiger partial charge in [-0.05, 0) is 36.3 Å². The lowest BCUT2D eigenvalue weighted by molar-refractivity contribution is -0.119. The molecule has 6 heteroatoms. The molecule has 3 rings (SSSR count). The van der Waals surface area contributed by atoms with Gasteiger partial charge in [-0.25, -0.2) is 8.78 Å². The number of rotatable bonds is 3. The molecule has 1 saturated carbocycles. The summed E-state index contributed by atoms with van der Waals surface area (Å²) in [5.41, 5.74) is -0.551. The Hall–Kier alpha value is -1.98. The minimum absolute atomic E-state index is 0.0402. The van der Waals surface area contributed by atoms with E-state index in [1.165, 1.54) is 6.07 Å². The van der Waals surface area contributed by atoms with Crippen molar-refractivity contribution in [3.63, 3.8) is 0 Å². The number of carbonyl (C=O) groups excluding carboxylic acids is 2. The lowest BCUT2D eigenvalue weighted by atomic mass is 9.88. The van der Waals surface area contributed by atoms with Crippen molar-refractivity contribution in [1.82, 2.24) is 10.6 Å². The quantitative estimate of drug-likeness (QED) is 0.895. The van der Waals surface area contributed by atoms with Crippen LogP contribution in [0.3, 0.4) is 0 Å². The van der Waals surface area contributed by atoms with Gasteiger partial charge in [-0.3, -0.25) is 9.59 Å². The number of nitrogens with one attached hydrogen (secondary N) is 2. The van der Waals surface area contributed by atoms with E-state index < -0.39 is 23.1 Å². The normalized spacial score (nSPS) is 30.0. The fourth-order valence-corrected chi connectivity index (χ4v) is 3.78. The maximum Gasteiger partial charge on any atom is 0.257 e. The fourth-order valence-electron chi connectivity index (χ4n) is 3.78. The number of hydrogen-bond acceptors (Lipinski definition) is 2. The molecule has 118 valence electrons. The Morgan fingerprint density at radius 3 is 2.73 bits per heavy atom. The van der Waals surface area contributed by atoms with E-state index in [1.807, 2.05) is 0 Å². The molecule has 0 aromatic heterocycles. The van der Waals surface area contributed by atoms with Gasteiger partial charge in [-0.15, -0.1) is 0 Å². The van der Waals surface area contributed by atoms with Crippen LogP contribution in [0, 0.1) is 29.4 Å². The van der Waals surface area contributed by atoms with E-state index in [9.17, 15) is 18.4 Å². The van der Waals surface area contributed by atoms with Crippen molar-refractivity contribution >= 4 is 11.8 Å². The standard InChI is InChI=1S/C16H18F2N2O2/c1-8-5-13-9(6-14(21)20-13)10(8)7-19-16(22)15-11(17)3-2-4-12(15)18/h2-4,8-10,13H,5-7H2,1H3,(H,19,22)(H,20,21)/t8-,9-,10+,13+/m0/s1. The van der Waals surface area contributed by atoms with Crippen molar-refractivity contribution in [2.24, 2.45) is 17.8 Å². The molecule has 1 aliphatic heterocycles. The number of amides is 2. The first-order chi connectivity index (χ1) is 10.5. The predicted molar refractivity (Wildman–Crippen MR) is 76.0 cm³/mol. The van der Waals surface area contributed by atoms with Crippen molar-refractivity contribution in [3.8, 4) is 0 Å². The molecule has 2 aliphatic rings. The lowest BCUT2D eigenvalue weighted by Gasteiger charge is -2.21. The highest BCUT2D eigenvalue weighted by atomic mass is 19.1. The Kier molecular flexibility index (Phi) is 3.85. The highest BCUT2D eigenvalue weighted by Gasteiger charge is 2.46. The number of fused-ring (bicyclic) bond motifs is 1. The molecule has 0 unspecified atom stereocenters. The molecule has 2 fully saturated rings. The number of halogens is 2. The van der Waals surface area contributed by atoms with E-state index in [-0.39, 0.29) is 23.8 Å². The highest BCUT2D eigenvalue weighted by Crippen LogP contribution is 2.41. The summed E-state index contributed by atoms with van der Waals surface area (Å²) in [5.74, 6) is -1.76. The van der Waals surface area contributed by atoms with Gasteiger partial charge in [0.05, 0.1) is 0 Å². The Bertz CT molecular complexity index is 600. The molecule has 1 saturated heterocycles. The Labute approximate surface area is 127 Å². The Balaban J connectivity index is 1.67. The van der Waals surface area contributed by atoms with E-state index >= 15 is 0 Å². The van der Waals surface area contributed by atoms with E-state index in [1.54, 1.807) is 0 Å². The van der Waals surface area contributed by atoms with Gasteiger partial charge >= 0.3 is 0 Å². The molecule has 4 atom stereocenters. The molecule has 1 aromatic carbocycles. The lowest BCUT2D eigenvalue weighted by Crippen LogP contribution is -2.34. The van der Waals surface area contributed by atoms with Crippen molar-refractivity contribution in [1.29, 1.82) is 0 Å². The van der Waals surface area contributed by atoms with Crippen molar-refractivity contribution in [3.05, 3.63) is 35.4 Å². The summed E-state index contributed by atoms with van der Waals surface area (Å²) in [6, 6.07) is 3.51. The number of benzene rings is 1. The van der Waals surface area contributed by atoms with E-state index in [2.05, 4.69) is 17.6 Å². The van der Waals surface area contributed by atoms with Gasteiger partial charge in [0.1, 0.15) is 17.2 Å². The SMILES string of the molecule is C[C@H]1C[C@H]2NC(=O)C[C@H]2[C@@H]1CNC(=O)c1c(F)cccc1F. The van der Waals surface area contributed by atoms with Gasteiger partial charge in [-0.1, -0.05) is 13.0 Å². The van der Waals surface area contributed by atoms with Crippen LogP contribution in [-0.2, 0) is 4.79 Å². The highest BCUT2D eigenvalue weighted by molar-refractivity contribution is 5.94. The van der Waals surface area contributed by atoms with Crippen LogP contribution in [-0.4, -0.2) is 24.4 Å². The average molecular weight is 308 g/mol. The second-order valence-corrected chi connectivity index (χ2v) is 6.23. The third kappa shape index (κ3) is 2.58. The van der Waals surface area contributed by atoms with Crippen LogP contribution in [0.15, 0.2) is 18.2 Å². The van der Waals surface area contributed by atoms with Gasteiger partial charge in [0.15, 0.2) is 0 Å². The molecular formula is C16H18F2N2O2. The molecule has 2 amide bonds. The van der Waals surface area contributed by atoms with Gasteiger partial charge in [-0.2, -0.15) is 0 Å². The van der Waals surface area contributed by atoms with Gasteiger partial charge in [0, 0.05) is 19.0 Å². The predicted octanol–water partition coefficient (Wildman–Crippen LogP) is 1.86. The van der Waals surface area contributed by atoms with Gasteiger partial charge < -0.3 is 10.6 Å². The molecule has 1 aromatic rings. The summed E-state index contributed by atoms with van der Waals surface area (Å²) in [6.07, 6.45) is 1.34. The zero-order chi connectivity index (χ0) is 15.9. The van der Waals surface area contributed by atoms with Crippen LogP contribution in [0.25, 0.3) is 0 Å². The minimum atomic E-state index is -0.868. The van der Waals surface area contributed by atoms with Gasteiger partial charge in [0.2, 0.25) is 5.91 Å². The molecule has 1 heterocycles. The Morgan fingerprint density at radius 1 is 1.36 bits per heavy atom. The largest absolute Gasteiger partial charge is 0.353 e. The first-order valence-corrected chi connectivity index (χ1v) is 7.49. The summed E-state index contributed by atoms with van der Waals surface area (Å²) < 4.78 is 27.2. The maximum absolute atomic E-state index is 13.6. The smallest absolute Gasteiger partial charge is 0.257 e. The molecule has 1 aliphatic carbocycles. The molecule has 4 nitrogen and oxygen atoms in total. The van der Waals surface area contributed by atoms with E-state index in [0.29, 0.717) is 18.9 Å². The molecule has 2 N–H and O–H groups in total. The summed E-state index contributed by atoms with van der Waals surface area (Å²) in [6.45, 7) is 2.40. The zero-order valence-electron chi connectivity index (χ0n) is 12.2. The Morgan fingerprint density at radius 2 is 2.05 bits per heavy atom. The van der Waals surface area contributed by atoms with Crippen molar-refractivity contribution in [2.45, 2.75) is 25.8 Å². The summed E-state index contributed by atoms with van der Waals surface area (Å²) in [4.78, 5) is 23.5. The van der Waals surface area contributed by atoms with Crippen molar-refractivity contribution < 1.29 is 18.4 Å². The second-order valence-electron chi connectivity index (χ2n) is 6.23. The second kappa shape index (κ2) is 5.66. The van der Waals surface area contributed by atoms with Crippen molar-refractivity contribution in [2.75, 3.05) is 6.54 Å². The third-order valence-corrected chi connectivity index (χ3v) is 4.88. The topological polar surface area (TPSA) is 58.2 Å². The van der Waals surface area contributed by atoms with Crippen LogP contribution in [0.5, 0.6) is 0 Å². The van der Waals surface area contributed by atoms with Crippen LogP contribution in [0.4, 0.5) is 8.78 Å². The minimum Gasteiger partial charge on any atom is -0.353 e. The zero-order valence-corrected chi connectivity index (χ0v) is 12.2. The monoisotopic (exact) mass is 308 g/mol. The molecule has 0 radical (unpaired) electrons. The molecule has 0 spiro atoms. The van der Waals surface area contributed by atoms with Crippen LogP contribution < -0.4 is 10.6 Å². The summed E-state index contributed by atoms with van der Waals surface area (Å²) in [7, 11) is 0. The average Bonchev–Trinajstić information content (AvgIpc) is 2.91. The van der Waals surface area contributed by atoms with Crippen LogP contribution in [0.2, 0.25) is 0 Å². The van der Waals surface area contributed by atoms with Crippen LogP contribution >= 0.6 is 0 Å². The molecular weight excluding hydrogens is 290 g/mol. The van der Waals surface area contributed by atoms with Crippen LogP contribution in [0.1, 0.15) is 30.1 Å². The van der Waals surface area contributed by atoms with E-state index in [4.69, 9.17) is 0 Å². The third-order valence-electron chi connectivity index (χ3n) is 4.88. The molecule has 0 bridgehead atoms. The maximum atomic E-state index is 13.6. The fraction of sp³-hybridized carbons (Fsp3) is 0.500. The number of carbonyl (C=O) groups is 2. The van der Waals surface area contributed by atoms with E-state index in [0.717, 1.165) is 18.6 Å². The summed E-state index contributed by atoms with van der Waals surface area (Å²) in [5, 5.41) is 5.56. The summed E-state index contributed by atoms with van der Waals surface area (Å²) >= 11 is 0. The first kappa shape index (κ1) is 14.9. The van der Waals surface area contributed by atoms with Gasteiger partial charge in [0.25, 0.3) is 5.91 Å².